The van der Waals surface area contributed by atoms with Crippen molar-refractivity contribution in [1.29, 1.82) is 0 Å². The molecule has 0 spiro atoms. The van der Waals surface area contributed by atoms with Crippen molar-refractivity contribution < 1.29 is 13.9 Å². The van der Waals surface area contributed by atoms with Gasteiger partial charge in [0.15, 0.2) is 12.0 Å². The van der Waals surface area contributed by atoms with E-state index in [0.29, 0.717) is 24.4 Å². The molecule has 92 valence electrons. The third-order valence-electron chi connectivity index (χ3n) is 2.43. The Morgan fingerprint density at radius 3 is 2.78 bits per heavy atom. The number of hydrogen-bond acceptors (Lipinski definition) is 3. The molecule has 2 rings (SSSR count). The number of ether oxygens (including phenoxy) is 1. The van der Waals surface area contributed by atoms with Gasteiger partial charge in [0.05, 0.1) is 0 Å². The molecule has 0 aliphatic rings. The molecule has 0 unspecified atom stereocenters. The molecule has 1 aromatic carbocycles. The molecule has 2 aromatic rings. The van der Waals surface area contributed by atoms with Crippen LogP contribution >= 0.6 is 0 Å². The number of carbonyl (C=O) groups is 1. The average Bonchev–Trinajstić information content (AvgIpc) is 2.86. The third kappa shape index (κ3) is 2.88. The Morgan fingerprint density at radius 1 is 1.22 bits per heavy atom. The summed E-state index contributed by atoms with van der Waals surface area (Å²) in [6, 6.07) is 11.1. The van der Waals surface area contributed by atoms with Crippen LogP contribution in [0.2, 0.25) is 0 Å². The first kappa shape index (κ1) is 12.2. The maximum absolute atomic E-state index is 10.5. The molecular weight excluding hydrogens is 228 g/mol. The molecule has 0 amide bonds. The molecule has 0 aliphatic heterocycles. The molecule has 0 saturated heterocycles. The minimum absolute atomic E-state index is 0.308. The highest BCUT2D eigenvalue weighted by atomic mass is 16.5. The van der Waals surface area contributed by atoms with Crippen molar-refractivity contribution in [1.82, 2.24) is 0 Å². The van der Waals surface area contributed by atoms with Gasteiger partial charge in [0.1, 0.15) is 18.1 Å². The number of furan rings is 1. The van der Waals surface area contributed by atoms with Crippen LogP contribution in [0.4, 0.5) is 0 Å². The lowest BCUT2D eigenvalue weighted by atomic mass is 10.2. The number of aldehydes is 1. The van der Waals surface area contributed by atoms with Gasteiger partial charge in [-0.15, -0.1) is 0 Å². The minimum atomic E-state index is 0.308. The number of para-hydroxylation sites is 1. The molecule has 0 fully saturated rings. The van der Waals surface area contributed by atoms with Crippen LogP contribution < -0.4 is 4.74 Å². The van der Waals surface area contributed by atoms with Gasteiger partial charge in [0.2, 0.25) is 0 Å². The first-order valence-electron chi connectivity index (χ1n) is 5.72. The molecule has 0 aliphatic carbocycles. The summed E-state index contributed by atoms with van der Waals surface area (Å²) in [5, 5.41) is 0. The van der Waals surface area contributed by atoms with Crippen molar-refractivity contribution in [2.24, 2.45) is 0 Å². The first-order chi connectivity index (χ1) is 8.83. The Bertz CT molecular complexity index is 552. The normalized spacial score (nSPS) is 10.7. The van der Waals surface area contributed by atoms with Gasteiger partial charge >= 0.3 is 0 Å². The predicted molar refractivity (Wildman–Crippen MR) is 69.6 cm³/mol. The van der Waals surface area contributed by atoms with Gasteiger partial charge in [-0.3, -0.25) is 4.79 Å². The fourth-order valence-corrected chi connectivity index (χ4v) is 1.61. The molecule has 0 bridgehead atoms. The summed E-state index contributed by atoms with van der Waals surface area (Å²) in [4.78, 5) is 10.5. The van der Waals surface area contributed by atoms with Crippen molar-refractivity contribution in [2.75, 3.05) is 0 Å². The van der Waals surface area contributed by atoms with Crippen molar-refractivity contribution in [3.8, 4) is 5.75 Å². The van der Waals surface area contributed by atoms with E-state index in [4.69, 9.17) is 9.15 Å². The standard InChI is InChI=1S/C15H14O3/c1-2-5-12-6-3-4-7-15(12)17-11-14-9-8-13(10-16)18-14/h2-10H,11H2,1H3/b5-2+. The molecule has 18 heavy (non-hydrogen) atoms. The zero-order valence-electron chi connectivity index (χ0n) is 10.1. The topological polar surface area (TPSA) is 39.4 Å². The van der Waals surface area contributed by atoms with Crippen LogP contribution in [0.25, 0.3) is 6.08 Å². The Labute approximate surface area is 106 Å². The monoisotopic (exact) mass is 242 g/mol. The zero-order chi connectivity index (χ0) is 12.8. The number of rotatable bonds is 5. The number of allylic oxidation sites excluding steroid dienone is 1. The molecule has 1 aromatic heterocycles. The first-order valence-corrected chi connectivity index (χ1v) is 5.72. The number of hydrogen-bond donors (Lipinski definition) is 0. The lowest BCUT2D eigenvalue weighted by Crippen LogP contribution is -1.95. The fourth-order valence-electron chi connectivity index (χ4n) is 1.61. The van der Waals surface area contributed by atoms with Crippen LogP contribution in [0.3, 0.4) is 0 Å². The third-order valence-corrected chi connectivity index (χ3v) is 2.43. The Kier molecular flexibility index (Phi) is 3.97. The Balaban J connectivity index is 2.07. The highest BCUT2D eigenvalue weighted by Crippen LogP contribution is 2.21. The Morgan fingerprint density at radius 2 is 2.06 bits per heavy atom. The summed E-state index contributed by atoms with van der Waals surface area (Å²) >= 11 is 0. The van der Waals surface area contributed by atoms with E-state index in [9.17, 15) is 4.79 Å². The van der Waals surface area contributed by atoms with Gasteiger partial charge in [-0.2, -0.15) is 0 Å². The highest BCUT2D eigenvalue weighted by molar-refractivity contribution is 5.70. The zero-order valence-corrected chi connectivity index (χ0v) is 10.1. The summed E-state index contributed by atoms with van der Waals surface area (Å²) in [5.74, 6) is 1.74. The maximum Gasteiger partial charge on any atom is 0.185 e. The molecular formula is C15H14O3. The van der Waals surface area contributed by atoms with E-state index in [0.717, 1.165) is 11.3 Å². The van der Waals surface area contributed by atoms with Gasteiger partial charge in [-0.25, -0.2) is 0 Å². The summed E-state index contributed by atoms with van der Waals surface area (Å²) in [7, 11) is 0. The lowest BCUT2D eigenvalue weighted by Gasteiger charge is -2.07. The van der Waals surface area contributed by atoms with Gasteiger partial charge in [0, 0.05) is 5.56 Å². The van der Waals surface area contributed by atoms with Crippen LogP contribution in [-0.4, -0.2) is 6.29 Å². The molecule has 3 heteroatoms. The Hall–Kier alpha value is -2.29. The van der Waals surface area contributed by atoms with E-state index < -0.39 is 0 Å². The van der Waals surface area contributed by atoms with Crippen LogP contribution in [0.1, 0.15) is 28.8 Å². The summed E-state index contributed by atoms with van der Waals surface area (Å²) < 4.78 is 10.9. The second-order valence-corrected chi connectivity index (χ2v) is 3.75. The van der Waals surface area contributed by atoms with E-state index in [1.54, 1.807) is 12.1 Å². The highest BCUT2D eigenvalue weighted by Gasteiger charge is 2.04. The molecule has 0 atom stereocenters. The smallest absolute Gasteiger partial charge is 0.185 e. The molecule has 0 N–H and O–H groups in total. The summed E-state index contributed by atoms with van der Waals surface area (Å²) in [5.41, 5.74) is 1.02. The van der Waals surface area contributed by atoms with Gasteiger partial charge in [-0.1, -0.05) is 30.4 Å². The number of benzene rings is 1. The summed E-state index contributed by atoms with van der Waals surface area (Å²) in [6.45, 7) is 2.27. The minimum Gasteiger partial charge on any atom is -0.485 e. The van der Waals surface area contributed by atoms with Gasteiger partial charge in [0.25, 0.3) is 0 Å². The maximum atomic E-state index is 10.5. The molecule has 0 radical (unpaired) electrons. The van der Waals surface area contributed by atoms with Crippen LogP contribution in [0, 0.1) is 0 Å². The van der Waals surface area contributed by atoms with Crippen molar-refractivity contribution >= 4 is 12.4 Å². The van der Waals surface area contributed by atoms with Crippen LogP contribution in [0.5, 0.6) is 5.75 Å². The van der Waals surface area contributed by atoms with E-state index in [2.05, 4.69) is 0 Å². The second-order valence-electron chi connectivity index (χ2n) is 3.75. The van der Waals surface area contributed by atoms with E-state index in [1.165, 1.54) is 0 Å². The van der Waals surface area contributed by atoms with Gasteiger partial charge in [-0.05, 0) is 25.1 Å². The molecule has 0 saturated carbocycles. The van der Waals surface area contributed by atoms with E-state index in [-0.39, 0.29) is 0 Å². The lowest BCUT2D eigenvalue weighted by molar-refractivity contribution is 0.109. The van der Waals surface area contributed by atoms with E-state index >= 15 is 0 Å². The van der Waals surface area contributed by atoms with Crippen LogP contribution in [-0.2, 0) is 6.61 Å². The predicted octanol–water partition coefficient (Wildman–Crippen LogP) is 3.70. The fraction of sp³-hybridized carbons (Fsp3) is 0.133. The van der Waals surface area contributed by atoms with Crippen molar-refractivity contribution in [3.05, 3.63) is 59.6 Å². The average molecular weight is 242 g/mol. The molecule has 1 heterocycles. The molecule has 3 nitrogen and oxygen atoms in total. The van der Waals surface area contributed by atoms with E-state index in [1.807, 2.05) is 43.3 Å². The SMILES string of the molecule is C/C=C/c1ccccc1OCc1ccc(C=O)o1. The quantitative estimate of drug-likeness (QED) is 0.750. The van der Waals surface area contributed by atoms with Crippen molar-refractivity contribution in [3.63, 3.8) is 0 Å². The van der Waals surface area contributed by atoms with Crippen LogP contribution in [0.15, 0.2) is 46.9 Å². The largest absolute Gasteiger partial charge is 0.485 e. The second kappa shape index (κ2) is 5.87. The summed E-state index contributed by atoms with van der Waals surface area (Å²) in [6.07, 6.45) is 4.62. The number of carbonyl (C=O) groups excluding carboxylic acids is 1. The van der Waals surface area contributed by atoms with Gasteiger partial charge < -0.3 is 9.15 Å². The van der Waals surface area contributed by atoms with Crippen molar-refractivity contribution in [2.45, 2.75) is 13.5 Å².